The average molecular weight is 383 g/mol. The minimum atomic E-state index is 0.101. The van der Waals surface area contributed by atoms with Gasteiger partial charge in [-0.3, -0.25) is 4.79 Å². The minimum Gasteiger partial charge on any atom is -0.494 e. The van der Waals surface area contributed by atoms with Crippen LogP contribution in [-0.4, -0.2) is 42.6 Å². The van der Waals surface area contributed by atoms with Gasteiger partial charge < -0.3 is 20.3 Å². The average Bonchev–Trinajstić information content (AvgIpc) is 2.74. The molecule has 0 aliphatic carbocycles. The van der Waals surface area contributed by atoms with E-state index in [1.54, 1.807) is 6.20 Å². The van der Waals surface area contributed by atoms with E-state index in [0.717, 1.165) is 43.1 Å². The fraction of sp³-hybridized carbons (Fsp3) is 0.476. The number of rotatable bonds is 8. The predicted molar refractivity (Wildman–Crippen MR) is 111 cm³/mol. The Hall–Kier alpha value is -2.83. The largest absolute Gasteiger partial charge is 0.494 e. The highest BCUT2D eigenvalue weighted by atomic mass is 16.5. The number of aromatic nitrogens is 2. The normalized spacial score (nSPS) is 14.6. The Balaban J connectivity index is 1.45. The second-order valence-corrected chi connectivity index (χ2v) is 6.94. The van der Waals surface area contributed by atoms with Crippen LogP contribution in [0, 0.1) is 5.92 Å². The molecular weight excluding hydrogens is 354 g/mol. The summed E-state index contributed by atoms with van der Waals surface area (Å²) in [7, 11) is 1.82. The second-order valence-electron chi connectivity index (χ2n) is 6.94. The quantitative estimate of drug-likeness (QED) is 0.730. The van der Waals surface area contributed by atoms with E-state index in [1.807, 2.05) is 44.3 Å². The number of amides is 1. The van der Waals surface area contributed by atoms with Gasteiger partial charge in [-0.25, -0.2) is 4.98 Å². The van der Waals surface area contributed by atoms with Crippen molar-refractivity contribution in [1.82, 2.24) is 15.3 Å². The molecule has 0 bridgehead atoms. The number of anilines is 2. The Morgan fingerprint density at radius 3 is 2.79 bits per heavy atom. The summed E-state index contributed by atoms with van der Waals surface area (Å²) < 4.78 is 5.62. The number of hydrogen-bond acceptors (Lipinski definition) is 6. The topological polar surface area (TPSA) is 79.4 Å². The van der Waals surface area contributed by atoms with E-state index in [2.05, 4.69) is 25.5 Å². The van der Waals surface area contributed by atoms with Crippen LogP contribution >= 0.6 is 0 Å². The number of benzene rings is 1. The molecule has 1 aliphatic heterocycles. The molecule has 1 saturated heterocycles. The molecule has 2 N–H and O–H groups in total. The van der Waals surface area contributed by atoms with Gasteiger partial charge in [0.25, 0.3) is 0 Å². The van der Waals surface area contributed by atoms with E-state index in [9.17, 15) is 4.79 Å². The van der Waals surface area contributed by atoms with Crippen LogP contribution in [0.25, 0.3) is 0 Å². The molecule has 7 heteroatoms. The number of para-hydroxylation sites is 1. The van der Waals surface area contributed by atoms with Crippen LogP contribution in [0.2, 0.25) is 0 Å². The van der Waals surface area contributed by atoms with Crippen molar-refractivity contribution in [2.75, 3.05) is 37.0 Å². The standard InChI is InChI=1S/C21H29N5O2/c1-3-28-18-7-5-4-6-17(18)15-24-20(27)14-16-9-12-26(13-10-16)19-8-11-23-21(22-2)25-19/h4-8,11,16H,3,9-10,12-15H2,1-2H3,(H,24,27)(H,22,23,25). The summed E-state index contributed by atoms with van der Waals surface area (Å²) in [6, 6.07) is 9.77. The highest BCUT2D eigenvalue weighted by molar-refractivity contribution is 5.76. The van der Waals surface area contributed by atoms with Gasteiger partial charge in [0.2, 0.25) is 11.9 Å². The van der Waals surface area contributed by atoms with Crippen LogP contribution in [-0.2, 0) is 11.3 Å². The predicted octanol–water partition coefficient (Wildman–Crippen LogP) is 2.84. The van der Waals surface area contributed by atoms with Crippen molar-refractivity contribution in [2.45, 2.75) is 32.7 Å². The minimum absolute atomic E-state index is 0.101. The number of piperidine rings is 1. The molecule has 28 heavy (non-hydrogen) atoms. The number of nitrogens with one attached hydrogen (secondary N) is 2. The summed E-state index contributed by atoms with van der Waals surface area (Å²) in [5.41, 5.74) is 1.01. The fourth-order valence-electron chi connectivity index (χ4n) is 3.49. The lowest BCUT2D eigenvalue weighted by Gasteiger charge is -2.32. The second kappa shape index (κ2) is 9.92. The van der Waals surface area contributed by atoms with E-state index in [4.69, 9.17) is 4.74 Å². The van der Waals surface area contributed by atoms with Gasteiger partial charge in [-0.05, 0) is 37.8 Å². The molecule has 1 aliphatic rings. The van der Waals surface area contributed by atoms with Crippen molar-refractivity contribution in [1.29, 1.82) is 0 Å². The van der Waals surface area contributed by atoms with Crippen LogP contribution in [0.4, 0.5) is 11.8 Å². The lowest BCUT2D eigenvalue weighted by molar-refractivity contribution is -0.122. The van der Waals surface area contributed by atoms with Crippen LogP contribution < -0.4 is 20.3 Å². The molecule has 0 spiro atoms. The first kappa shape index (κ1) is 19.9. The van der Waals surface area contributed by atoms with Gasteiger partial charge >= 0.3 is 0 Å². The van der Waals surface area contributed by atoms with Crippen LogP contribution in [0.15, 0.2) is 36.5 Å². The molecule has 2 aromatic rings. The van der Waals surface area contributed by atoms with E-state index in [0.29, 0.717) is 31.4 Å². The Kier molecular flexibility index (Phi) is 7.06. The van der Waals surface area contributed by atoms with Crippen molar-refractivity contribution in [2.24, 2.45) is 5.92 Å². The highest BCUT2D eigenvalue weighted by Crippen LogP contribution is 2.24. The molecule has 0 atom stereocenters. The van der Waals surface area contributed by atoms with Crippen molar-refractivity contribution in [3.63, 3.8) is 0 Å². The van der Waals surface area contributed by atoms with Crippen molar-refractivity contribution >= 4 is 17.7 Å². The van der Waals surface area contributed by atoms with E-state index in [1.165, 1.54) is 0 Å². The van der Waals surface area contributed by atoms with Crippen LogP contribution in [0.1, 0.15) is 31.7 Å². The molecule has 3 rings (SSSR count). The molecule has 1 aromatic carbocycles. The zero-order valence-corrected chi connectivity index (χ0v) is 16.6. The van der Waals surface area contributed by atoms with Gasteiger partial charge in [-0.1, -0.05) is 18.2 Å². The number of carbonyl (C=O) groups excluding carboxylic acids is 1. The first-order valence-corrected chi connectivity index (χ1v) is 9.92. The monoisotopic (exact) mass is 383 g/mol. The maximum Gasteiger partial charge on any atom is 0.224 e. The summed E-state index contributed by atoms with van der Waals surface area (Å²) >= 11 is 0. The van der Waals surface area contributed by atoms with Gasteiger partial charge in [0.15, 0.2) is 0 Å². The third kappa shape index (κ3) is 5.34. The zero-order valence-electron chi connectivity index (χ0n) is 16.6. The third-order valence-electron chi connectivity index (χ3n) is 5.03. The zero-order chi connectivity index (χ0) is 19.8. The third-order valence-corrected chi connectivity index (χ3v) is 5.03. The van der Waals surface area contributed by atoms with Gasteiger partial charge in [-0.2, -0.15) is 4.98 Å². The molecular formula is C21H29N5O2. The molecule has 1 fully saturated rings. The number of nitrogens with zero attached hydrogens (tertiary/aromatic N) is 3. The van der Waals surface area contributed by atoms with Gasteiger partial charge in [-0.15, -0.1) is 0 Å². The maximum atomic E-state index is 12.4. The molecule has 2 heterocycles. The van der Waals surface area contributed by atoms with Crippen molar-refractivity contribution < 1.29 is 9.53 Å². The lowest BCUT2D eigenvalue weighted by atomic mass is 9.93. The first-order chi connectivity index (χ1) is 13.7. The number of hydrogen-bond donors (Lipinski definition) is 2. The maximum absolute atomic E-state index is 12.4. The van der Waals surface area contributed by atoms with E-state index >= 15 is 0 Å². The van der Waals surface area contributed by atoms with Crippen molar-refractivity contribution in [3.05, 3.63) is 42.1 Å². The number of ether oxygens (including phenoxy) is 1. The Morgan fingerprint density at radius 2 is 2.04 bits per heavy atom. The molecule has 1 aromatic heterocycles. The van der Waals surface area contributed by atoms with E-state index in [-0.39, 0.29) is 5.91 Å². The molecule has 0 saturated carbocycles. The van der Waals surface area contributed by atoms with Crippen LogP contribution in [0.3, 0.4) is 0 Å². The molecule has 0 radical (unpaired) electrons. The smallest absolute Gasteiger partial charge is 0.224 e. The SMILES string of the molecule is CCOc1ccccc1CNC(=O)CC1CCN(c2ccnc(NC)n2)CC1. The summed E-state index contributed by atoms with van der Waals surface area (Å²) in [6.45, 7) is 4.90. The summed E-state index contributed by atoms with van der Waals surface area (Å²) in [5.74, 6) is 2.92. The Labute approximate surface area is 166 Å². The first-order valence-electron chi connectivity index (χ1n) is 9.92. The Morgan fingerprint density at radius 1 is 1.25 bits per heavy atom. The molecule has 150 valence electrons. The van der Waals surface area contributed by atoms with E-state index < -0.39 is 0 Å². The Bertz CT molecular complexity index is 775. The highest BCUT2D eigenvalue weighted by Gasteiger charge is 2.22. The molecule has 7 nitrogen and oxygen atoms in total. The van der Waals surface area contributed by atoms with Gasteiger partial charge in [0.05, 0.1) is 6.61 Å². The summed E-state index contributed by atoms with van der Waals surface area (Å²) in [4.78, 5) is 23.3. The van der Waals surface area contributed by atoms with Gasteiger partial charge in [0, 0.05) is 44.9 Å². The van der Waals surface area contributed by atoms with Crippen LogP contribution in [0.5, 0.6) is 5.75 Å². The number of carbonyl (C=O) groups is 1. The lowest BCUT2D eigenvalue weighted by Crippen LogP contribution is -2.36. The summed E-state index contributed by atoms with van der Waals surface area (Å²) in [5, 5.41) is 6.01. The fourth-order valence-corrected chi connectivity index (χ4v) is 3.49. The molecule has 1 amide bonds. The molecule has 0 unspecified atom stereocenters. The van der Waals surface area contributed by atoms with Crippen molar-refractivity contribution in [3.8, 4) is 5.75 Å². The summed E-state index contributed by atoms with van der Waals surface area (Å²) in [6.07, 6.45) is 4.31. The van der Waals surface area contributed by atoms with Gasteiger partial charge in [0.1, 0.15) is 11.6 Å².